The van der Waals surface area contributed by atoms with Gasteiger partial charge in [-0.05, 0) is 43.9 Å². The van der Waals surface area contributed by atoms with Crippen molar-refractivity contribution < 1.29 is 4.79 Å². The van der Waals surface area contributed by atoms with Crippen LogP contribution in [0.1, 0.15) is 34.5 Å². The maximum absolute atomic E-state index is 12.4. The number of aryl methyl sites for hydroxylation is 2. The lowest BCUT2D eigenvalue weighted by atomic mass is 10.0. The van der Waals surface area contributed by atoms with Gasteiger partial charge in [-0.2, -0.15) is 10.2 Å². The fourth-order valence-corrected chi connectivity index (χ4v) is 3.96. The third-order valence-corrected chi connectivity index (χ3v) is 5.54. The van der Waals surface area contributed by atoms with Crippen molar-refractivity contribution in [1.82, 2.24) is 15.2 Å². The number of carbonyl (C=O) groups excluding carboxylic acids is 1. The van der Waals surface area contributed by atoms with Crippen LogP contribution < -0.4 is 10.3 Å². The molecule has 0 spiro atoms. The number of hydrazone groups is 1. The summed E-state index contributed by atoms with van der Waals surface area (Å²) >= 11 is 0. The van der Waals surface area contributed by atoms with Crippen LogP contribution >= 0.6 is 0 Å². The van der Waals surface area contributed by atoms with Crippen LogP contribution in [0.25, 0.3) is 0 Å². The first-order valence-corrected chi connectivity index (χ1v) is 10.3. The Balaban J connectivity index is 1.38. The molecule has 1 amide bonds. The molecule has 0 aliphatic carbocycles. The number of hydrogen-bond acceptors (Lipinski definition) is 4. The van der Waals surface area contributed by atoms with E-state index >= 15 is 0 Å². The zero-order valence-electron chi connectivity index (χ0n) is 17.5. The SMILES string of the molecule is Cc1nn(Cc2ccccc2)c(C)c1/C=N\NC(=O)CN1CCCc2ccccc21. The first kappa shape index (κ1) is 19.9. The third-order valence-electron chi connectivity index (χ3n) is 5.54. The van der Waals surface area contributed by atoms with Gasteiger partial charge in [-0.25, -0.2) is 5.43 Å². The van der Waals surface area contributed by atoms with Crippen molar-refractivity contribution in [2.75, 3.05) is 18.0 Å². The van der Waals surface area contributed by atoms with Gasteiger partial charge in [0.15, 0.2) is 0 Å². The Kier molecular flexibility index (Phi) is 5.93. The van der Waals surface area contributed by atoms with Crippen molar-refractivity contribution >= 4 is 17.8 Å². The zero-order chi connectivity index (χ0) is 20.9. The molecule has 0 saturated heterocycles. The van der Waals surface area contributed by atoms with E-state index in [2.05, 4.69) is 50.9 Å². The lowest BCUT2D eigenvalue weighted by Gasteiger charge is -2.30. The highest BCUT2D eigenvalue weighted by atomic mass is 16.2. The van der Waals surface area contributed by atoms with Gasteiger partial charge in [0, 0.05) is 23.5 Å². The topological polar surface area (TPSA) is 62.5 Å². The highest BCUT2D eigenvalue weighted by Gasteiger charge is 2.18. The molecule has 2 heterocycles. The van der Waals surface area contributed by atoms with Crippen molar-refractivity contribution in [2.24, 2.45) is 5.10 Å². The normalized spacial score (nSPS) is 13.5. The molecule has 154 valence electrons. The average molecular weight is 402 g/mol. The van der Waals surface area contributed by atoms with E-state index in [0.29, 0.717) is 13.1 Å². The molecule has 0 fully saturated rings. The maximum Gasteiger partial charge on any atom is 0.259 e. The molecular weight excluding hydrogens is 374 g/mol. The minimum absolute atomic E-state index is 0.116. The highest BCUT2D eigenvalue weighted by molar-refractivity contribution is 5.86. The zero-order valence-corrected chi connectivity index (χ0v) is 17.5. The predicted molar refractivity (Wildman–Crippen MR) is 120 cm³/mol. The second-order valence-electron chi connectivity index (χ2n) is 7.67. The highest BCUT2D eigenvalue weighted by Crippen LogP contribution is 2.26. The number of fused-ring (bicyclic) bond motifs is 1. The van der Waals surface area contributed by atoms with E-state index in [0.717, 1.165) is 42.0 Å². The van der Waals surface area contributed by atoms with Gasteiger partial charge in [0.2, 0.25) is 0 Å². The largest absolute Gasteiger partial charge is 0.362 e. The molecule has 0 saturated carbocycles. The van der Waals surface area contributed by atoms with E-state index in [1.165, 1.54) is 11.1 Å². The van der Waals surface area contributed by atoms with Gasteiger partial charge >= 0.3 is 0 Å². The van der Waals surface area contributed by atoms with E-state index in [1.54, 1.807) is 6.21 Å². The van der Waals surface area contributed by atoms with E-state index in [4.69, 9.17) is 0 Å². The van der Waals surface area contributed by atoms with Crippen molar-refractivity contribution in [3.05, 3.63) is 82.7 Å². The van der Waals surface area contributed by atoms with Gasteiger partial charge < -0.3 is 4.90 Å². The summed E-state index contributed by atoms with van der Waals surface area (Å²) in [5, 5.41) is 8.83. The summed E-state index contributed by atoms with van der Waals surface area (Å²) in [5.41, 5.74) is 9.18. The first-order valence-electron chi connectivity index (χ1n) is 10.3. The number of nitrogens with zero attached hydrogens (tertiary/aromatic N) is 4. The molecule has 1 aromatic heterocycles. The molecule has 0 unspecified atom stereocenters. The van der Waals surface area contributed by atoms with Crippen LogP contribution in [0.4, 0.5) is 5.69 Å². The lowest BCUT2D eigenvalue weighted by molar-refractivity contribution is -0.119. The number of rotatable bonds is 6. The second kappa shape index (κ2) is 8.95. The summed E-state index contributed by atoms with van der Waals surface area (Å²) in [6, 6.07) is 18.5. The molecule has 6 heteroatoms. The van der Waals surface area contributed by atoms with Gasteiger partial charge in [-0.3, -0.25) is 9.48 Å². The molecule has 0 bridgehead atoms. The number of hydrogen-bond donors (Lipinski definition) is 1. The third kappa shape index (κ3) is 4.43. The Hall–Kier alpha value is -3.41. The van der Waals surface area contributed by atoms with Crippen molar-refractivity contribution in [2.45, 2.75) is 33.2 Å². The van der Waals surface area contributed by atoms with Crippen LogP contribution in [0.15, 0.2) is 59.7 Å². The summed E-state index contributed by atoms with van der Waals surface area (Å²) in [5.74, 6) is -0.116. The number of para-hydroxylation sites is 1. The van der Waals surface area contributed by atoms with Gasteiger partial charge in [-0.1, -0.05) is 48.5 Å². The van der Waals surface area contributed by atoms with E-state index in [9.17, 15) is 4.79 Å². The Labute approximate surface area is 177 Å². The molecular formula is C24H27N5O. The molecule has 2 aromatic carbocycles. The van der Waals surface area contributed by atoms with Gasteiger partial charge in [0.1, 0.15) is 0 Å². The van der Waals surface area contributed by atoms with Crippen LogP contribution in [0.2, 0.25) is 0 Å². The number of carbonyl (C=O) groups is 1. The fourth-order valence-electron chi connectivity index (χ4n) is 3.96. The Morgan fingerprint density at radius 3 is 2.73 bits per heavy atom. The lowest BCUT2D eigenvalue weighted by Crippen LogP contribution is -2.38. The molecule has 0 atom stereocenters. The number of benzene rings is 2. The molecule has 30 heavy (non-hydrogen) atoms. The summed E-state index contributed by atoms with van der Waals surface area (Å²) in [4.78, 5) is 14.6. The Bertz CT molecular complexity index is 1050. The van der Waals surface area contributed by atoms with Crippen LogP contribution in [-0.4, -0.2) is 35.0 Å². The van der Waals surface area contributed by atoms with E-state index in [1.807, 2.05) is 42.8 Å². The monoisotopic (exact) mass is 401 g/mol. The molecule has 1 aliphatic heterocycles. The standard InChI is InChI=1S/C24H27N5O/c1-18-22(19(2)29(27-18)16-20-9-4-3-5-10-20)15-25-26-24(30)17-28-14-8-12-21-11-6-7-13-23(21)28/h3-7,9-11,13,15H,8,12,14,16-17H2,1-2H3,(H,26,30)/b25-15-. The first-order chi connectivity index (χ1) is 14.6. The molecule has 6 nitrogen and oxygen atoms in total. The molecule has 1 N–H and O–H groups in total. The van der Waals surface area contributed by atoms with Crippen LogP contribution in [0.5, 0.6) is 0 Å². The van der Waals surface area contributed by atoms with Crippen LogP contribution in [-0.2, 0) is 17.8 Å². The van der Waals surface area contributed by atoms with Crippen molar-refractivity contribution in [1.29, 1.82) is 0 Å². The van der Waals surface area contributed by atoms with Crippen molar-refractivity contribution in [3.8, 4) is 0 Å². The Morgan fingerprint density at radius 1 is 1.13 bits per heavy atom. The van der Waals surface area contributed by atoms with Crippen molar-refractivity contribution in [3.63, 3.8) is 0 Å². The summed E-state index contributed by atoms with van der Waals surface area (Å²) in [6.45, 7) is 5.89. The second-order valence-corrected chi connectivity index (χ2v) is 7.67. The number of anilines is 1. The molecule has 0 radical (unpaired) electrons. The molecule has 1 aliphatic rings. The number of nitrogens with one attached hydrogen (secondary N) is 1. The van der Waals surface area contributed by atoms with E-state index in [-0.39, 0.29) is 5.91 Å². The van der Waals surface area contributed by atoms with Gasteiger partial charge in [0.05, 0.1) is 25.0 Å². The summed E-state index contributed by atoms with van der Waals surface area (Å²) < 4.78 is 1.97. The summed E-state index contributed by atoms with van der Waals surface area (Å²) in [7, 11) is 0. The molecule has 4 rings (SSSR count). The van der Waals surface area contributed by atoms with Gasteiger partial charge in [-0.15, -0.1) is 0 Å². The fraction of sp³-hybridized carbons (Fsp3) is 0.292. The predicted octanol–water partition coefficient (Wildman–Crippen LogP) is 3.45. The molecule has 3 aromatic rings. The van der Waals surface area contributed by atoms with Gasteiger partial charge in [0.25, 0.3) is 5.91 Å². The minimum atomic E-state index is -0.116. The average Bonchev–Trinajstić information content (AvgIpc) is 3.02. The maximum atomic E-state index is 12.4. The smallest absolute Gasteiger partial charge is 0.259 e. The van der Waals surface area contributed by atoms with Crippen LogP contribution in [0.3, 0.4) is 0 Å². The minimum Gasteiger partial charge on any atom is -0.362 e. The van der Waals surface area contributed by atoms with E-state index < -0.39 is 0 Å². The van der Waals surface area contributed by atoms with Crippen LogP contribution in [0, 0.1) is 13.8 Å². The summed E-state index contributed by atoms with van der Waals surface area (Å²) in [6.07, 6.45) is 3.83. The quantitative estimate of drug-likeness (QED) is 0.508. The number of aromatic nitrogens is 2. The Morgan fingerprint density at radius 2 is 1.90 bits per heavy atom. The number of amides is 1.